The minimum Gasteiger partial charge on any atom is -0.465 e. The van der Waals surface area contributed by atoms with E-state index < -0.39 is 6.09 Å². The van der Waals surface area contributed by atoms with Crippen LogP contribution < -0.4 is 0 Å². The molecule has 0 aromatic carbocycles. The van der Waals surface area contributed by atoms with Crippen LogP contribution >= 0.6 is 27.7 Å². The highest BCUT2D eigenvalue weighted by atomic mass is 79.9. The molecule has 1 aromatic rings. The number of likely N-dealkylation sites (tertiary alicyclic amines) is 1. The second kappa shape index (κ2) is 5.05. The molecule has 1 aliphatic rings. The Kier molecular flexibility index (Phi) is 3.70. The van der Waals surface area contributed by atoms with Gasteiger partial charge in [0.15, 0.2) is 0 Å². The van der Waals surface area contributed by atoms with Crippen molar-refractivity contribution in [2.24, 2.45) is 0 Å². The summed E-state index contributed by atoms with van der Waals surface area (Å²) in [5, 5.41) is 10.1. The van der Waals surface area contributed by atoms with Crippen molar-refractivity contribution in [1.82, 2.24) is 9.88 Å². The lowest BCUT2D eigenvalue weighted by molar-refractivity contribution is 0.156. The highest BCUT2D eigenvalue weighted by Crippen LogP contribution is 2.32. The van der Waals surface area contributed by atoms with Crippen LogP contribution in [0.3, 0.4) is 0 Å². The van der Waals surface area contributed by atoms with Gasteiger partial charge in [0.05, 0.1) is 0 Å². The van der Waals surface area contributed by atoms with Crippen molar-refractivity contribution in [1.29, 1.82) is 0 Å². The fraction of sp³-hybridized carbons (Fsp3) is 0.400. The number of pyridine rings is 1. The molecule has 86 valence electrons. The molecule has 1 saturated heterocycles. The SMILES string of the molecule is O=C(O)N1CCC(Sc2ncccc2Br)C1. The quantitative estimate of drug-likeness (QED) is 0.912. The largest absolute Gasteiger partial charge is 0.465 e. The Morgan fingerprint density at radius 2 is 2.50 bits per heavy atom. The summed E-state index contributed by atoms with van der Waals surface area (Å²) in [5.74, 6) is 0. The van der Waals surface area contributed by atoms with Gasteiger partial charge in [-0.3, -0.25) is 0 Å². The monoisotopic (exact) mass is 302 g/mol. The molecule has 2 heterocycles. The second-order valence-corrected chi connectivity index (χ2v) is 5.69. The summed E-state index contributed by atoms with van der Waals surface area (Å²) in [6.07, 6.45) is 1.81. The van der Waals surface area contributed by atoms with Crippen molar-refractivity contribution in [3.8, 4) is 0 Å². The molecule has 16 heavy (non-hydrogen) atoms. The zero-order valence-corrected chi connectivity index (χ0v) is 10.9. The lowest BCUT2D eigenvalue weighted by Gasteiger charge is -2.12. The molecule has 0 spiro atoms. The molecule has 4 nitrogen and oxygen atoms in total. The molecule has 0 saturated carbocycles. The van der Waals surface area contributed by atoms with Crippen LogP contribution in [-0.4, -0.2) is 39.4 Å². The van der Waals surface area contributed by atoms with Crippen LogP contribution in [0, 0.1) is 0 Å². The lowest BCUT2D eigenvalue weighted by Crippen LogP contribution is -2.27. The molecule has 6 heteroatoms. The number of carbonyl (C=O) groups is 1. The Labute approximate surface area is 106 Å². The summed E-state index contributed by atoms with van der Waals surface area (Å²) in [6.45, 7) is 1.21. The molecule has 1 atom stereocenters. The maximum absolute atomic E-state index is 10.8. The fourth-order valence-corrected chi connectivity index (χ4v) is 3.25. The number of hydrogen-bond acceptors (Lipinski definition) is 3. The normalized spacial score (nSPS) is 20.1. The van der Waals surface area contributed by atoms with Gasteiger partial charge in [-0.2, -0.15) is 0 Å². The molecule has 0 radical (unpaired) electrons. The Balaban J connectivity index is 1.97. The minimum atomic E-state index is -0.830. The van der Waals surface area contributed by atoms with Crippen LogP contribution in [0.15, 0.2) is 27.8 Å². The van der Waals surface area contributed by atoms with Gasteiger partial charge in [0.25, 0.3) is 0 Å². The number of thioether (sulfide) groups is 1. The van der Waals surface area contributed by atoms with Gasteiger partial charge in [0.1, 0.15) is 5.03 Å². The van der Waals surface area contributed by atoms with Gasteiger partial charge in [0, 0.05) is 29.0 Å². The molecule has 1 aromatic heterocycles. The molecule has 1 amide bonds. The van der Waals surface area contributed by atoms with Crippen LogP contribution in [0.4, 0.5) is 4.79 Å². The van der Waals surface area contributed by atoms with E-state index in [0.29, 0.717) is 18.3 Å². The maximum atomic E-state index is 10.8. The first-order valence-corrected chi connectivity index (χ1v) is 6.59. The van der Waals surface area contributed by atoms with E-state index in [1.165, 1.54) is 4.90 Å². The van der Waals surface area contributed by atoms with Gasteiger partial charge < -0.3 is 10.0 Å². The molecule has 1 unspecified atom stereocenters. The number of carboxylic acid groups (broad SMARTS) is 1. The molecular formula is C10H11BrN2O2S. The molecule has 2 rings (SSSR count). The lowest BCUT2D eigenvalue weighted by atomic mass is 10.4. The highest BCUT2D eigenvalue weighted by molar-refractivity contribution is 9.10. The van der Waals surface area contributed by atoms with E-state index in [2.05, 4.69) is 20.9 Å². The molecule has 0 bridgehead atoms. The van der Waals surface area contributed by atoms with E-state index in [0.717, 1.165) is 15.9 Å². The number of halogens is 1. The minimum absolute atomic E-state index is 0.308. The average molecular weight is 303 g/mol. The first-order valence-electron chi connectivity index (χ1n) is 4.92. The van der Waals surface area contributed by atoms with Crippen molar-refractivity contribution >= 4 is 33.8 Å². The smallest absolute Gasteiger partial charge is 0.407 e. The summed E-state index contributed by atoms with van der Waals surface area (Å²) < 4.78 is 0.966. The second-order valence-electron chi connectivity index (χ2n) is 3.55. The molecule has 1 N–H and O–H groups in total. The third-order valence-electron chi connectivity index (χ3n) is 2.42. The Morgan fingerprint density at radius 1 is 1.69 bits per heavy atom. The van der Waals surface area contributed by atoms with Gasteiger partial charge in [-0.1, -0.05) is 11.8 Å². The van der Waals surface area contributed by atoms with Crippen LogP contribution in [-0.2, 0) is 0 Å². The Bertz CT molecular complexity index is 402. The first kappa shape index (κ1) is 11.7. The Hall–Kier alpha value is -0.750. The van der Waals surface area contributed by atoms with Gasteiger partial charge in [0.2, 0.25) is 0 Å². The number of amides is 1. The predicted octanol–water partition coefficient (Wildman–Crippen LogP) is 2.69. The Morgan fingerprint density at radius 3 is 3.12 bits per heavy atom. The van der Waals surface area contributed by atoms with Gasteiger partial charge in [-0.05, 0) is 34.5 Å². The van der Waals surface area contributed by atoms with Crippen molar-refractivity contribution < 1.29 is 9.90 Å². The summed E-state index contributed by atoms with van der Waals surface area (Å²) in [4.78, 5) is 16.5. The maximum Gasteiger partial charge on any atom is 0.407 e. The van der Waals surface area contributed by atoms with Crippen LogP contribution in [0.1, 0.15) is 6.42 Å². The van der Waals surface area contributed by atoms with Crippen molar-refractivity contribution in [3.05, 3.63) is 22.8 Å². The van der Waals surface area contributed by atoms with Crippen molar-refractivity contribution in [2.75, 3.05) is 13.1 Å². The summed E-state index contributed by atoms with van der Waals surface area (Å²) in [5.41, 5.74) is 0. The fourth-order valence-electron chi connectivity index (χ4n) is 1.61. The summed E-state index contributed by atoms with van der Waals surface area (Å²) >= 11 is 5.07. The van der Waals surface area contributed by atoms with Gasteiger partial charge in [-0.15, -0.1) is 0 Å². The standard InChI is InChI=1S/C10H11BrN2O2S/c11-8-2-1-4-12-9(8)16-7-3-5-13(6-7)10(14)15/h1-2,4,7H,3,5-6H2,(H,14,15). The van der Waals surface area contributed by atoms with Crippen LogP contribution in [0.25, 0.3) is 0 Å². The van der Waals surface area contributed by atoms with E-state index in [9.17, 15) is 4.79 Å². The zero-order valence-electron chi connectivity index (χ0n) is 8.47. The highest BCUT2D eigenvalue weighted by Gasteiger charge is 2.27. The van der Waals surface area contributed by atoms with E-state index in [4.69, 9.17) is 5.11 Å². The van der Waals surface area contributed by atoms with E-state index in [-0.39, 0.29) is 0 Å². The van der Waals surface area contributed by atoms with Crippen LogP contribution in [0.2, 0.25) is 0 Å². The topological polar surface area (TPSA) is 53.4 Å². The number of aromatic nitrogens is 1. The molecule has 1 fully saturated rings. The van der Waals surface area contributed by atoms with Crippen LogP contribution in [0.5, 0.6) is 0 Å². The zero-order chi connectivity index (χ0) is 11.5. The van der Waals surface area contributed by atoms with E-state index in [1.807, 2.05) is 12.1 Å². The number of nitrogens with zero attached hydrogens (tertiary/aromatic N) is 2. The third kappa shape index (κ3) is 2.68. The number of rotatable bonds is 2. The van der Waals surface area contributed by atoms with Crippen molar-refractivity contribution in [3.63, 3.8) is 0 Å². The predicted molar refractivity (Wildman–Crippen MR) is 65.8 cm³/mol. The van der Waals surface area contributed by atoms with Crippen molar-refractivity contribution in [2.45, 2.75) is 16.7 Å². The first-order chi connectivity index (χ1) is 7.66. The van der Waals surface area contributed by atoms with Gasteiger partial charge in [-0.25, -0.2) is 9.78 Å². The third-order valence-corrected chi connectivity index (χ3v) is 4.59. The van der Waals surface area contributed by atoms with E-state index in [1.54, 1.807) is 18.0 Å². The summed E-state index contributed by atoms with van der Waals surface area (Å²) in [6, 6.07) is 3.81. The van der Waals surface area contributed by atoms with Gasteiger partial charge >= 0.3 is 6.09 Å². The molecule has 0 aliphatic carbocycles. The molecule has 1 aliphatic heterocycles. The molecular weight excluding hydrogens is 292 g/mol. The average Bonchev–Trinajstić information content (AvgIpc) is 2.70. The van der Waals surface area contributed by atoms with E-state index >= 15 is 0 Å². The summed E-state index contributed by atoms with van der Waals surface area (Å²) in [7, 11) is 0. The number of hydrogen-bond donors (Lipinski definition) is 1.